The minimum absolute atomic E-state index is 0.338. The minimum atomic E-state index is 0.338. The average molecular weight is 242 g/mol. The number of hydrogen-bond donors (Lipinski definition) is 0. The first-order valence-electron chi connectivity index (χ1n) is 5.56. The summed E-state index contributed by atoms with van der Waals surface area (Å²) in [6, 6.07) is 0. The van der Waals surface area contributed by atoms with E-state index in [1.807, 2.05) is 0 Å². The van der Waals surface area contributed by atoms with E-state index in [1.165, 1.54) is 19.3 Å². The first-order valence-corrected chi connectivity index (χ1v) is 6.09. The Balaban J connectivity index is 2.27. The van der Waals surface area contributed by atoms with Crippen molar-refractivity contribution >= 4 is 17.4 Å². The average Bonchev–Trinajstić information content (AvgIpc) is 2.39. The van der Waals surface area contributed by atoms with Crippen molar-refractivity contribution in [1.29, 1.82) is 0 Å². The molecule has 0 spiro atoms. The predicted octanol–water partition coefficient (Wildman–Crippen LogP) is 2.21. The van der Waals surface area contributed by atoms with Gasteiger partial charge in [0.2, 0.25) is 0 Å². The predicted molar refractivity (Wildman–Crippen MR) is 64.2 cm³/mol. The summed E-state index contributed by atoms with van der Waals surface area (Å²) in [5.74, 6) is 2.61. The number of ether oxygens (including phenoxy) is 1. The maximum Gasteiger partial charge on any atom is 0.179 e. The SMILES string of the molecule is COc1cnc(CCl)nc1N1CCCCC1. The molecule has 0 aliphatic carbocycles. The number of halogens is 1. The number of methoxy groups -OCH3 is 1. The fourth-order valence-electron chi connectivity index (χ4n) is 1.94. The largest absolute Gasteiger partial charge is 0.491 e. The van der Waals surface area contributed by atoms with Crippen LogP contribution in [0.4, 0.5) is 5.82 Å². The molecule has 0 amide bonds. The van der Waals surface area contributed by atoms with E-state index in [0.717, 1.165) is 24.7 Å². The third-order valence-corrected chi connectivity index (χ3v) is 3.02. The summed E-state index contributed by atoms with van der Waals surface area (Å²) >= 11 is 5.75. The number of rotatable bonds is 3. The zero-order chi connectivity index (χ0) is 11.4. The highest BCUT2D eigenvalue weighted by Gasteiger charge is 2.17. The fraction of sp³-hybridized carbons (Fsp3) is 0.636. The van der Waals surface area contributed by atoms with Crippen molar-refractivity contribution in [1.82, 2.24) is 9.97 Å². The quantitative estimate of drug-likeness (QED) is 0.761. The molecule has 88 valence electrons. The zero-order valence-electron chi connectivity index (χ0n) is 9.45. The summed E-state index contributed by atoms with van der Waals surface area (Å²) in [7, 11) is 1.65. The van der Waals surface area contributed by atoms with Crippen LogP contribution in [-0.2, 0) is 5.88 Å². The minimum Gasteiger partial charge on any atom is -0.491 e. The van der Waals surface area contributed by atoms with E-state index in [1.54, 1.807) is 13.3 Å². The smallest absolute Gasteiger partial charge is 0.179 e. The van der Waals surface area contributed by atoms with Gasteiger partial charge in [-0.25, -0.2) is 9.97 Å². The molecule has 1 aromatic heterocycles. The molecule has 2 rings (SSSR count). The van der Waals surface area contributed by atoms with Crippen molar-refractivity contribution in [3.63, 3.8) is 0 Å². The highest BCUT2D eigenvalue weighted by atomic mass is 35.5. The van der Waals surface area contributed by atoms with Gasteiger partial charge in [-0.15, -0.1) is 11.6 Å². The van der Waals surface area contributed by atoms with Gasteiger partial charge in [-0.05, 0) is 19.3 Å². The summed E-state index contributed by atoms with van der Waals surface area (Å²) in [6.45, 7) is 2.07. The number of piperidine rings is 1. The molecule has 0 bridgehead atoms. The van der Waals surface area contributed by atoms with Gasteiger partial charge < -0.3 is 9.64 Å². The fourth-order valence-corrected chi connectivity index (χ4v) is 2.07. The van der Waals surface area contributed by atoms with Crippen molar-refractivity contribution in [2.75, 3.05) is 25.1 Å². The molecule has 1 aromatic rings. The van der Waals surface area contributed by atoms with Crippen LogP contribution in [-0.4, -0.2) is 30.2 Å². The Bertz CT molecular complexity index is 353. The first kappa shape index (κ1) is 11.5. The number of anilines is 1. The number of aromatic nitrogens is 2. The normalized spacial score (nSPS) is 16.2. The zero-order valence-corrected chi connectivity index (χ0v) is 10.2. The molecular formula is C11H16ClN3O. The second-order valence-corrected chi connectivity index (χ2v) is 4.13. The molecule has 0 saturated carbocycles. The second-order valence-electron chi connectivity index (χ2n) is 3.86. The molecule has 16 heavy (non-hydrogen) atoms. The molecule has 0 N–H and O–H groups in total. The molecule has 2 heterocycles. The maximum atomic E-state index is 5.75. The van der Waals surface area contributed by atoms with Gasteiger partial charge in [0.25, 0.3) is 0 Å². The highest BCUT2D eigenvalue weighted by molar-refractivity contribution is 6.16. The van der Waals surface area contributed by atoms with E-state index in [9.17, 15) is 0 Å². The van der Waals surface area contributed by atoms with Crippen molar-refractivity contribution in [2.45, 2.75) is 25.1 Å². The second kappa shape index (κ2) is 5.34. The summed E-state index contributed by atoms with van der Waals surface area (Å²) in [5, 5.41) is 0. The van der Waals surface area contributed by atoms with Gasteiger partial charge in [0.05, 0.1) is 19.2 Å². The number of hydrogen-bond acceptors (Lipinski definition) is 4. The van der Waals surface area contributed by atoms with Crippen molar-refractivity contribution in [3.05, 3.63) is 12.0 Å². The monoisotopic (exact) mass is 241 g/mol. The molecule has 0 unspecified atom stereocenters. The molecule has 0 atom stereocenters. The summed E-state index contributed by atoms with van der Waals surface area (Å²) < 4.78 is 5.29. The van der Waals surface area contributed by atoms with Crippen LogP contribution in [0.3, 0.4) is 0 Å². The molecule has 1 fully saturated rings. The molecular weight excluding hydrogens is 226 g/mol. The van der Waals surface area contributed by atoms with Crippen LogP contribution in [0.15, 0.2) is 6.20 Å². The van der Waals surface area contributed by atoms with Crippen LogP contribution in [0.25, 0.3) is 0 Å². The lowest BCUT2D eigenvalue weighted by Gasteiger charge is -2.28. The molecule has 1 aliphatic heterocycles. The van der Waals surface area contributed by atoms with Crippen LogP contribution in [0, 0.1) is 0 Å². The molecule has 1 aliphatic rings. The Morgan fingerprint density at radius 1 is 1.38 bits per heavy atom. The van der Waals surface area contributed by atoms with E-state index in [-0.39, 0.29) is 0 Å². The lowest BCUT2D eigenvalue weighted by Crippen LogP contribution is -2.30. The Hall–Kier alpha value is -1.03. The van der Waals surface area contributed by atoms with E-state index >= 15 is 0 Å². The van der Waals surface area contributed by atoms with Crippen LogP contribution in [0.2, 0.25) is 0 Å². The van der Waals surface area contributed by atoms with E-state index in [0.29, 0.717) is 11.7 Å². The van der Waals surface area contributed by atoms with E-state index in [2.05, 4.69) is 14.9 Å². The lowest BCUT2D eigenvalue weighted by atomic mass is 10.1. The third kappa shape index (κ3) is 2.38. The molecule has 0 aromatic carbocycles. The first-order chi connectivity index (χ1) is 7.85. The summed E-state index contributed by atoms with van der Waals surface area (Å²) in [5.41, 5.74) is 0. The van der Waals surface area contributed by atoms with Crippen LogP contribution in [0.1, 0.15) is 25.1 Å². The molecule has 1 saturated heterocycles. The number of alkyl halides is 1. The van der Waals surface area contributed by atoms with Crippen molar-refractivity contribution in [2.24, 2.45) is 0 Å². The Kier molecular flexibility index (Phi) is 3.83. The number of nitrogens with zero attached hydrogens (tertiary/aromatic N) is 3. The van der Waals surface area contributed by atoms with Crippen LogP contribution in [0.5, 0.6) is 5.75 Å². The Morgan fingerprint density at radius 3 is 2.75 bits per heavy atom. The standard InChI is InChI=1S/C11H16ClN3O/c1-16-9-8-13-10(7-12)14-11(9)15-5-3-2-4-6-15/h8H,2-7H2,1H3. The van der Waals surface area contributed by atoms with Crippen molar-refractivity contribution < 1.29 is 4.74 Å². The van der Waals surface area contributed by atoms with Gasteiger partial charge in [0.15, 0.2) is 11.6 Å². The van der Waals surface area contributed by atoms with Crippen LogP contribution < -0.4 is 9.64 Å². The summed E-state index contributed by atoms with van der Waals surface area (Å²) in [6.07, 6.45) is 5.42. The topological polar surface area (TPSA) is 38.3 Å². The van der Waals surface area contributed by atoms with Gasteiger partial charge in [-0.1, -0.05) is 0 Å². The van der Waals surface area contributed by atoms with E-state index in [4.69, 9.17) is 16.3 Å². The lowest BCUT2D eigenvalue weighted by molar-refractivity contribution is 0.407. The highest BCUT2D eigenvalue weighted by Crippen LogP contribution is 2.27. The Morgan fingerprint density at radius 2 is 2.12 bits per heavy atom. The van der Waals surface area contributed by atoms with E-state index < -0.39 is 0 Å². The molecule has 0 radical (unpaired) electrons. The van der Waals surface area contributed by atoms with Gasteiger partial charge in [0, 0.05) is 13.1 Å². The molecule has 5 heteroatoms. The van der Waals surface area contributed by atoms with Gasteiger partial charge in [-0.2, -0.15) is 0 Å². The van der Waals surface area contributed by atoms with Gasteiger partial charge in [0.1, 0.15) is 5.82 Å². The Labute approximate surface area is 101 Å². The van der Waals surface area contributed by atoms with Crippen molar-refractivity contribution in [3.8, 4) is 5.75 Å². The van der Waals surface area contributed by atoms with Gasteiger partial charge in [-0.3, -0.25) is 0 Å². The third-order valence-electron chi connectivity index (χ3n) is 2.78. The maximum absolute atomic E-state index is 5.75. The van der Waals surface area contributed by atoms with Gasteiger partial charge >= 0.3 is 0 Å². The molecule has 4 nitrogen and oxygen atoms in total. The van der Waals surface area contributed by atoms with Crippen LogP contribution >= 0.6 is 11.6 Å². The summed E-state index contributed by atoms with van der Waals surface area (Å²) in [4.78, 5) is 10.8.